The minimum Gasteiger partial charge on any atom is -0.497 e. The molecule has 2 atom stereocenters. The molecule has 0 amide bonds. The van der Waals surface area contributed by atoms with E-state index in [9.17, 15) is 4.21 Å². The van der Waals surface area contributed by atoms with Crippen molar-refractivity contribution in [2.75, 3.05) is 36.6 Å². The van der Waals surface area contributed by atoms with Crippen LogP contribution in [-0.2, 0) is 17.4 Å². The van der Waals surface area contributed by atoms with Crippen molar-refractivity contribution in [1.82, 2.24) is 19.7 Å². The van der Waals surface area contributed by atoms with Gasteiger partial charge in [-0.2, -0.15) is 0 Å². The summed E-state index contributed by atoms with van der Waals surface area (Å²) in [6, 6.07) is 8.00. The number of ether oxygens (including phenoxy) is 1. The quantitative estimate of drug-likeness (QED) is 0.372. The number of nitrogen functional groups attached to an aromatic ring is 2. The number of methoxy groups -OCH3 is 1. The molecule has 1 fully saturated rings. The van der Waals surface area contributed by atoms with E-state index in [2.05, 4.69) is 36.7 Å². The predicted octanol–water partition coefficient (Wildman–Crippen LogP) is 4.79. The molecule has 0 bridgehead atoms. The van der Waals surface area contributed by atoms with Gasteiger partial charge in [-0.1, -0.05) is 29.4 Å². The number of benzene rings is 1. The highest BCUT2D eigenvalue weighted by Crippen LogP contribution is 2.53. The molecule has 3 aromatic rings. The molecule has 1 aliphatic heterocycles. The van der Waals surface area contributed by atoms with Crippen LogP contribution in [0.3, 0.4) is 0 Å². The van der Waals surface area contributed by atoms with Gasteiger partial charge in [0.25, 0.3) is 0 Å². The number of pyridine rings is 1. The highest BCUT2D eigenvalue weighted by molar-refractivity contribution is 7.99. The van der Waals surface area contributed by atoms with Gasteiger partial charge in [0.15, 0.2) is 5.82 Å². The monoisotopic (exact) mass is 587 g/mol. The summed E-state index contributed by atoms with van der Waals surface area (Å²) in [7, 11) is 0.471. The van der Waals surface area contributed by atoms with Crippen molar-refractivity contribution >= 4 is 51.8 Å². The van der Waals surface area contributed by atoms with Gasteiger partial charge in [-0.15, -0.1) is 0 Å². The van der Waals surface area contributed by atoms with E-state index < -0.39 is 11.0 Å². The van der Waals surface area contributed by atoms with Crippen molar-refractivity contribution in [2.45, 2.75) is 60.7 Å². The molecule has 5 N–H and O–H groups in total. The van der Waals surface area contributed by atoms with Crippen LogP contribution in [-0.4, -0.2) is 44.1 Å². The molecule has 0 saturated carbocycles. The number of rotatable bonds is 6. The van der Waals surface area contributed by atoms with Gasteiger partial charge in [-0.3, -0.25) is 0 Å². The molecule has 1 spiro atoms. The predicted molar refractivity (Wildman–Crippen MR) is 159 cm³/mol. The molecule has 2 aromatic heterocycles. The Bertz CT molecular complexity index is 1410. The minimum atomic E-state index is -1.21. The number of nitrogens with one attached hydrogen (secondary N) is 1. The average Bonchev–Trinajstić information content (AvgIpc) is 3.19. The Labute approximate surface area is 241 Å². The maximum Gasteiger partial charge on any atom is 0.158 e. The van der Waals surface area contributed by atoms with E-state index in [0.29, 0.717) is 15.9 Å². The van der Waals surface area contributed by atoms with Crippen molar-refractivity contribution in [3.63, 3.8) is 0 Å². The Hall–Kier alpha value is -2.60. The van der Waals surface area contributed by atoms with Gasteiger partial charge in [0.1, 0.15) is 22.4 Å². The van der Waals surface area contributed by atoms with Crippen LogP contribution in [0, 0.1) is 5.41 Å². The van der Waals surface area contributed by atoms with Gasteiger partial charge in [-0.05, 0) is 74.8 Å². The van der Waals surface area contributed by atoms with E-state index in [0.717, 1.165) is 48.8 Å². The first kappa shape index (κ1) is 27.9. The number of nitrogens with two attached hydrogens (primary N) is 2. The van der Waals surface area contributed by atoms with Crippen LogP contribution in [0.4, 0.5) is 17.5 Å². The fourth-order valence-corrected chi connectivity index (χ4v) is 7.26. The lowest BCUT2D eigenvalue weighted by atomic mass is 9.73. The summed E-state index contributed by atoms with van der Waals surface area (Å²) in [6.45, 7) is 7.57. The van der Waals surface area contributed by atoms with Crippen LogP contribution < -0.4 is 25.8 Å². The molecule has 3 heterocycles. The molecule has 1 aliphatic carbocycles. The second kappa shape index (κ2) is 10.8. The second-order valence-corrected chi connectivity index (χ2v) is 14.5. The largest absolute Gasteiger partial charge is 0.497 e. The summed E-state index contributed by atoms with van der Waals surface area (Å²) < 4.78 is 21.9. The average molecular weight is 588 g/mol. The Morgan fingerprint density at radius 3 is 2.59 bits per heavy atom. The fourth-order valence-electron chi connectivity index (χ4n) is 5.30. The van der Waals surface area contributed by atoms with E-state index in [1.165, 1.54) is 22.9 Å². The number of anilines is 3. The molecule has 39 heavy (non-hydrogen) atoms. The molecule has 1 aromatic carbocycles. The number of piperidine rings is 1. The zero-order valence-electron chi connectivity index (χ0n) is 22.5. The van der Waals surface area contributed by atoms with Crippen LogP contribution in [0.1, 0.15) is 50.8 Å². The van der Waals surface area contributed by atoms with Crippen LogP contribution in [0.2, 0.25) is 5.02 Å². The van der Waals surface area contributed by atoms with Gasteiger partial charge in [0.2, 0.25) is 0 Å². The van der Waals surface area contributed by atoms with Gasteiger partial charge in [0.05, 0.1) is 40.1 Å². The third-order valence-electron chi connectivity index (χ3n) is 7.52. The van der Waals surface area contributed by atoms with Crippen LogP contribution in [0.5, 0.6) is 5.75 Å². The summed E-state index contributed by atoms with van der Waals surface area (Å²) in [5.74, 6) is 2.16. The van der Waals surface area contributed by atoms with Gasteiger partial charge < -0.3 is 21.1 Å². The van der Waals surface area contributed by atoms with Crippen molar-refractivity contribution in [2.24, 2.45) is 5.41 Å². The highest BCUT2D eigenvalue weighted by Gasteiger charge is 2.49. The topological polar surface area (TPSA) is 132 Å². The summed E-state index contributed by atoms with van der Waals surface area (Å²) >= 11 is 7.60. The first-order valence-electron chi connectivity index (χ1n) is 12.8. The van der Waals surface area contributed by atoms with E-state index in [1.807, 2.05) is 26.8 Å². The number of nitrogens with zero attached hydrogens (tertiary/aromatic N) is 4. The van der Waals surface area contributed by atoms with Crippen LogP contribution in [0.15, 0.2) is 46.6 Å². The van der Waals surface area contributed by atoms with Crippen molar-refractivity contribution in [3.05, 3.63) is 52.8 Å². The van der Waals surface area contributed by atoms with Crippen LogP contribution >= 0.6 is 23.4 Å². The van der Waals surface area contributed by atoms with E-state index in [4.69, 9.17) is 27.8 Å². The number of aromatic nitrogens is 3. The highest BCUT2D eigenvalue weighted by atomic mass is 35.5. The maximum atomic E-state index is 13.2. The molecule has 5 rings (SSSR count). The second-order valence-electron chi connectivity index (χ2n) is 11.1. The Morgan fingerprint density at radius 2 is 1.92 bits per heavy atom. The smallest absolute Gasteiger partial charge is 0.158 e. The van der Waals surface area contributed by atoms with Crippen molar-refractivity contribution in [1.29, 1.82) is 0 Å². The molecule has 1 unspecified atom stereocenters. The number of hydrogen-bond acceptors (Lipinski definition) is 9. The normalized spacial score (nSPS) is 19.2. The lowest BCUT2D eigenvalue weighted by Gasteiger charge is -2.44. The molecule has 208 valence electrons. The molecule has 2 aliphatic rings. The first-order chi connectivity index (χ1) is 18.5. The van der Waals surface area contributed by atoms with Gasteiger partial charge >= 0.3 is 0 Å². The van der Waals surface area contributed by atoms with Gasteiger partial charge in [0, 0.05) is 24.2 Å². The van der Waals surface area contributed by atoms with Gasteiger partial charge in [-0.25, -0.2) is 23.9 Å². The number of halogens is 1. The zero-order valence-corrected chi connectivity index (χ0v) is 24.9. The lowest BCUT2D eigenvalue weighted by molar-refractivity contribution is 0.177. The Morgan fingerprint density at radius 1 is 1.18 bits per heavy atom. The summed E-state index contributed by atoms with van der Waals surface area (Å²) in [5.41, 5.74) is 14.6. The van der Waals surface area contributed by atoms with Crippen molar-refractivity contribution in [3.8, 4) is 5.75 Å². The number of hydrogen-bond donors (Lipinski definition) is 3. The summed E-state index contributed by atoms with van der Waals surface area (Å²) in [6.07, 6.45) is 6.10. The van der Waals surface area contributed by atoms with Crippen LogP contribution in [0.25, 0.3) is 0 Å². The Balaban J connectivity index is 1.34. The first-order valence-corrected chi connectivity index (χ1v) is 15.2. The molecule has 0 radical (unpaired) electrons. The minimum absolute atomic E-state index is 0.0303. The third kappa shape index (κ3) is 5.54. The summed E-state index contributed by atoms with van der Waals surface area (Å²) in [4.78, 5) is 16.2. The molecular weight excluding hydrogens is 554 g/mol. The zero-order chi connectivity index (χ0) is 27.9. The van der Waals surface area contributed by atoms with E-state index in [1.54, 1.807) is 25.6 Å². The molecule has 12 heteroatoms. The molecular formula is C27H34ClN7O2S2. The van der Waals surface area contributed by atoms with E-state index >= 15 is 0 Å². The lowest BCUT2D eigenvalue weighted by Crippen LogP contribution is -2.48. The maximum absolute atomic E-state index is 13.2. The van der Waals surface area contributed by atoms with Crippen molar-refractivity contribution < 1.29 is 8.95 Å². The van der Waals surface area contributed by atoms with E-state index in [-0.39, 0.29) is 22.0 Å². The summed E-state index contributed by atoms with van der Waals surface area (Å²) in [5, 5.41) is 0.939. The third-order valence-corrected chi connectivity index (χ3v) is 10.7. The SMILES string of the molecule is COc1ccc2c(c1)[C@@H](NS(=O)C(C)(C)C)C1(CCN(c3cnc(Sc4ccnc(N)c4Cl)c(N)n3)CC1)C2. The molecule has 1 saturated heterocycles. The fraction of sp³-hybridized carbons (Fsp3) is 0.444. The Kier molecular flexibility index (Phi) is 7.71. The number of fused-ring (bicyclic) bond motifs is 1. The standard InChI is InChI=1S/C27H34ClN7O2S2/c1-26(2,3)39(36)34-22-18-13-17(37-4)6-5-16(18)14-27(22)8-11-35(12-9-27)20-15-32-25(24(30)33-20)38-19-7-10-31-23(29)21(19)28/h5-7,10,13,15,22,34H,8-9,11-12,14H2,1-4H3,(H2,29,31)(H2,30,33)/t22-,39?/m1/s1. The molecule has 9 nitrogen and oxygen atoms in total.